The summed E-state index contributed by atoms with van der Waals surface area (Å²) in [4.78, 5) is 52.7. The number of fused-ring (bicyclic) bond motifs is 2. The number of alkyl carbamates (subject to hydrolysis) is 1. The third-order valence-corrected chi connectivity index (χ3v) is 11.5. The van der Waals surface area contributed by atoms with E-state index in [-0.39, 0.29) is 39.7 Å². The SMILES string of the molecule is COc1ccc(-c2cc(C(OC(=O)NC3CCC3)C(=O)O)ccc2F)cc1C(=O)N[C@@H]1C2CCC(/C2=C/C2CC(F)(F)C2)[C@@H]1C(=O)Nc1ccc(F)c(C(F)(F)F)c1. The second kappa shape index (κ2) is 15.6. The molecule has 3 unspecified atom stereocenters. The number of ether oxygens (including phenoxy) is 2. The molecule has 58 heavy (non-hydrogen) atoms. The number of hydrogen-bond acceptors (Lipinski definition) is 6. The van der Waals surface area contributed by atoms with E-state index in [0.717, 1.165) is 37.5 Å². The van der Waals surface area contributed by atoms with Gasteiger partial charge < -0.3 is 30.5 Å². The Kier molecular flexibility index (Phi) is 10.9. The van der Waals surface area contributed by atoms with E-state index in [1.54, 1.807) is 6.08 Å². The molecule has 0 heterocycles. The third kappa shape index (κ3) is 8.21. The molecule has 3 amide bonds. The van der Waals surface area contributed by atoms with E-state index in [2.05, 4.69) is 16.0 Å². The number of allylic oxidation sites excluding steroid dienone is 1. The molecule has 0 aromatic heterocycles. The standard InChI is InChI=1S/C41H38F7N3O7/c1-57-32-12-6-20(26-15-21(5-10-30(26)42)35(38(54)55)58-39(56)50-22-3-2-4-22)14-28(32)36(52)51-34-25-9-8-24(27(25)13-19-17-40(44,45)18-19)33(34)37(53)49-23-7-11-31(43)29(16-23)41(46,47)48/h5-7,10-16,19,22,24-25,33-35H,2-4,8-9,17-18H2,1H3,(H,49,53)(H,50,56)(H,51,52)(H,54,55)/b27-13-/t24?,25?,33-,34+,35?/m0/s1. The lowest BCUT2D eigenvalue weighted by Gasteiger charge is -2.33. The normalized spacial score (nSPS) is 23.7. The number of hydrogen-bond donors (Lipinski definition) is 4. The van der Waals surface area contributed by atoms with Gasteiger partial charge in [0.05, 0.1) is 24.2 Å². The zero-order chi connectivity index (χ0) is 41.7. The van der Waals surface area contributed by atoms with Crippen LogP contribution in [0.15, 0.2) is 66.2 Å². The summed E-state index contributed by atoms with van der Waals surface area (Å²) in [5.41, 5.74) is -1.52. The molecule has 17 heteroatoms. The minimum absolute atomic E-state index is 0.0276. The second-order valence-corrected chi connectivity index (χ2v) is 15.2. The van der Waals surface area contributed by atoms with E-state index >= 15 is 4.39 Å². The first kappa shape index (κ1) is 40.6. The molecule has 0 radical (unpaired) electrons. The summed E-state index contributed by atoms with van der Waals surface area (Å²) in [7, 11) is 1.28. The van der Waals surface area contributed by atoms with Crippen LogP contribution in [0.2, 0.25) is 0 Å². The molecular weight excluding hydrogens is 779 g/mol. The summed E-state index contributed by atoms with van der Waals surface area (Å²) in [6.45, 7) is 0. The van der Waals surface area contributed by atoms with Crippen molar-refractivity contribution in [3.8, 4) is 16.9 Å². The first-order valence-corrected chi connectivity index (χ1v) is 18.7. The molecule has 2 bridgehead atoms. The minimum atomic E-state index is -5.05. The van der Waals surface area contributed by atoms with Crippen molar-refractivity contribution in [3.05, 3.63) is 94.6 Å². The van der Waals surface area contributed by atoms with Crippen molar-refractivity contribution in [2.45, 2.75) is 75.2 Å². The Morgan fingerprint density at radius 2 is 1.60 bits per heavy atom. The van der Waals surface area contributed by atoms with Crippen LogP contribution in [-0.2, 0) is 20.5 Å². The molecule has 4 saturated carbocycles. The number of carbonyl (C=O) groups is 4. The Hall–Kier alpha value is -5.61. The Morgan fingerprint density at radius 1 is 0.897 bits per heavy atom. The van der Waals surface area contributed by atoms with Gasteiger partial charge >= 0.3 is 18.2 Å². The zero-order valence-electron chi connectivity index (χ0n) is 30.8. The number of rotatable bonds is 11. The van der Waals surface area contributed by atoms with Gasteiger partial charge in [-0.05, 0) is 92.0 Å². The molecule has 7 rings (SSSR count). The highest BCUT2D eigenvalue weighted by molar-refractivity contribution is 6.00. The van der Waals surface area contributed by atoms with Crippen molar-refractivity contribution in [3.63, 3.8) is 0 Å². The van der Waals surface area contributed by atoms with Crippen molar-refractivity contribution in [1.29, 1.82) is 0 Å². The zero-order valence-corrected chi connectivity index (χ0v) is 30.8. The predicted octanol–water partition coefficient (Wildman–Crippen LogP) is 8.43. The van der Waals surface area contributed by atoms with Gasteiger partial charge in [0.2, 0.25) is 17.9 Å². The molecule has 4 aliphatic rings. The number of aliphatic carboxylic acids is 1. The molecule has 0 aliphatic heterocycles. The average Bonchev–Trinajstić information content (AvgIpc) is 3.66. The maximum absolute atomic E-state index is 15.4. The average molecular weight is 818 g/mol. The minimum Gasteiger partial charge on any atom is -0.496 e. The number of amides is 3. The van der Waals surface area contributed by atoms with Crippen LogP contribution < -0.4 is 20.7 Å². The van der Waals surface area contributed by atoms with E-state index in [1.807, 2.05) is 0 Å². The number of halogens is 7. The van der Waals surface area contributed by atoms with Crippen LogP contribution in [0.5, 0.6) is 5.75 Å². The van der Waals surface area contributed by atoms with Gasteiger partial charge in [-0.3, -0.25) is 9.59 Å². The Bertz CT molecular complexity index is 2170. The number of nitrogens with one attached hydrogen (secondary N) is 3. The Labute approximate surface area is 327 Å². The number of anilines is 1. The monoisotopic (exact) mass is 817 g/mol. The fourth-order valence-electron chi connectivity index (χ4n) is 8.50. The van der Waals surface area contributed by atoms with E-state index in [4.69, 9.17) is 9.47 Å². The number of carboxylic acid groups (broad SMARTS) is 1. The molecule has 10 nitrogen and oxygen atoms in total. The topological polar surface area (TPSA) is 143 Å². The highest BCUT2D eigenvalue weighted by Gasteiger charge is 2.56. The maximum atomic E-state index is 15.4. The van der Waals surface area contributed by atoms with Crippen LogP contribution in [0.4, 0.5) is 41.2 Å². The summed E-state index contributed by atoms with van der Waals surface area (Å²) in [6.07, 6.45) is -3.65. The van der Waals surface area contributed by atoms with Gasteiger partial charge in [-0.2, -0.15) is 13.2 Å². The van der Waals surface area contributed by atoms with Crippen molar-refractivity contribution in [1.82, 2.24) is 10.6 Å². The van der Waals surface area contributed by atoms with Gasteiger partial charge in [0.15, 0.2) is 0 Å². The lowest BCUT2D eigenvalue weighted by atomic mass is 9.79. The molecule has 0 saturated heterocycles. The van der Waals surface area contributed by atoms with Crippen LogP contribution in [0.1, 0.15) is 72.5 Å². The maximum Gasteiger partial charge on any atom is 0.419 e. The molecule has 4 fully saturated rings. The van der Waals surface area contributed by atoms with Gasteiger partial charge in [-0.15, -0.1) is 0 Å². The second-order valence-electron chi connectivity index (χ2n) is 15.2. The highest BCUT2D eigenvalue weighted by atomic mass is 19.4. The Morgan fingerprint density at radius 3 is 2.24 bits per heavy atom. The van der Waals surface area contributed by atoms with Crippen LogP contribution in [0.25, 0.3) is 11.1 Å². The van der Waals surface area contributed by atoms with Crippen molar-refractivity contribution < 1.29 is 64.5 Å². The van der Waals surface area contributed by atoms with Crippen molar-refractivity contribution in [2.75, 3.05) is 12.4 Å². The van der Waals surface area contributed by atoms with Gasteiger partial charge in [0.1, 0.15) is 17.4 Å². The fourth-order valence-corrected chi connectivity index (χ4v) is 8.50. The molecule has 3 aromatic rings. The lowest BCUT2D eigenvalue weighted by Crippen LogP contribution is -2.48. The van der Waals surface area contributed by atoms with E-state index in [9.17, 15) is 50.6 Å². The summed E-state index contributed by atoms with van der Waals surface area (Å²) in [5, 5.41) is 17.8. The lowest BCUT2D eigenvalue weighted by molar-refractivity contribution is -0.147. The van der Waals surface area contributed by atoms with Crippen LogP contribution in [0, 0.1) is 35.3 Å². The van der Waals surface area contributed by atoms with Crippen LogP contribution in [0.3, 0.4) is 0 Å². The summed E-state index contributed by atoms with van der Waals surface area (Å²) >= 11 is 0. The first-order chi connectivity index (χ1) is 27.4. The van der Waals surface area contributed by atoms with Gasteiger partial charge in [-0.25, -0.2) is 27.2 Å². The summed E-state index contributed by atoms with van der Waals surface area (Å²) < 4.78 is 108. The number of benzene rings is 3. The van der Waals surface area contributed by atoms with E-state index < -0.39 is 102 Å². The number of methoxy groups -OCH3 is 1. The van der Waals surface area contributed by atoms with Gasteiger partial charge in [-0.1, -0.05) is 23.8 Å². The van der Waals surface area contributed by atoms with Gasteiger partial charge in [0, 0.05) is 47.7 Å². The predicted molar refractivity (Wildman–Crippen MR) is 193 cm³/mol. The first-order valence-electron chi connectivity index (χ1n) is 18.7. The molecule has 5 atom stereocenters. The van der Waals surface area contributed by atoms with Crippen molar-refractivity contribution in [2.24, 2.45) is 23.7 Å². The smallest absolute Gasteiger partial charge is 0.419 e. The molecule has 308 valence electrons. The highest BCUT2D eigenvalue weighted by Crippen LogP contribution is 2.55. The number of alkyl halides is 5. The largest absolute Gasteiger partial charge is 0.496 e. The molecule has 0 spiro atoms. The number of carboxylic acids is 1. The quantitative estimate of drug-likeness (QED) is 0.112. The van der Waals surface area contributed by atoms with Crippen LogP contribution in [-0.4, -0.2) is 54.1 Å². The summed E-state index contributed by atoms with van der Waals surface area (Å²) in [6, 6.07) is 8.25. The number of carbonyl (C=O) groups excluding carboxylic acids is 3. The fraction of sp³-hybridized carbons (Fsp3) is 0.415. The van der Waals surface area contributed by atoms with Crippen LogP contribution >= 0.6 is 0 Å². The molecular formula is C41H38F7N3O7. The van der Waals surface area contributed by atoms with E-state index in [0.29, 0.717) is 30.5 Å². The van der Waals surface area contributed by atoms with Crippen molar-refractivity contribution >= 4 is 29.6 Å². The third-order valence-electron chi connectivity index (χ3n) is 11.5. The molecule has 3 aromatic carbocycles. The molecule has 4 N–H and O–H groups in total. The summed E-state index contributed by atoms with van der Waals surface area (Å²) in [5.74, 6) is -10.9. The van der Waals surface area contributed by atoms with Gasteiger partial charge in [0.25, 0.3) is 5.91 Å². The molecule has 4 aliphatic carbocycles. The van der Waals surface area contributed by atoms with E-state index in [1.165, 1.54) is 31.4 Å². The Balaban J connectivity index is 1.18.